The van der Waals surface area contributed by atoms with Crippen LogP contribution < -0.4 is 5.32 Å². The summed E-state index contributed by atoms with van der Waals surface area (Å²) in [6.45, 7) is 0. The van der Waals surface area contributed by atoms with E-state index in [1.807, 2.05) is 12.3 Å². The first kappa shape index (κ1) is 12.7. The van der Waals surface area contributed by atoms with Crippen molar-refractivity contribution >= 4 is 34.9 Å². The van der Waals surface area contributed by atoms with Crippen LogP contribution in [0.3, 0.4) is 0 Å². The summed E-state index contributed by atoms with van der Waals surface area (Å²) in [4.78, 5) is 8.33. The number of benzene rings is 1. The molecule has 2 aromatic rings. The molecule has 0 saturated carbocycles. The van der Waals surface area contributed by atoms with Crippen LogP contribution in [0.5, 0.6) is 0 Å². The van der Waals surface area contributed by atoms with Crippen molar-refractivity contribution in [2.24, 2.45) is 0 Å². The summed E-state index contributed by atoms with van der Waals surface area (Å²) in [6, 6.07) is 10.9. The fraction of sp³-hybridized carbons (Fsp3) is 0.0833. The summed E-state index contributed by atoms with van der Waals surface area (Å²) in [5.41, 5.74) is 1.38. The first-order valence-electron chi connectivity index (χ1n) is 5.07. The maximum Gasteiger partial charge on any atom is 0.190 e. The Morgan fingerprint density at radius 1 is 1.33 bits per heavy atom. The Labute approximate surface area is 114 Å². The minimum absolute atomic E-state index is 0.383. The van der Waals surface area contributed by atoms with Crippen LogP contribution in [0.15, 0.2) is 35.5 Å². The van der Waals surface area contributed by atoms with E-state index in [-0.39, 0.29) is 0 Å². The molecule has 0 unspecified atom stereocenters. The summed E-state index contributed by atoms with van der Waals surface area (Å²) in [7, 11) is 0. The van der Waals surface area contributed by atoms with E-state index in [9.17, 15) is 0 Å². The normalized spacial score (nSPS) is 9.83. The second kappa shape index (κ2) is 5.71. The van der Waals surface area contributed by atoms with E-state index in [2.05, 4.69) is 21.4 Å². The molecule has 1 heterocycles. The number of hydrogen-bond acceptors (Lipinski definition) is 5. The van der Waals surface area contributed by atoms with Crippen molar-refractivity contribution < 1.29 is 0 Å². The lowest BCUT2D eigenvalue weighted by molar-refractivity contribution is 0.976. The van der Waals surface area contributed by atoms with Gasteiger partial charge in [-0.05, 0) is 24.5 Å². The summed E-state index contributed by atoms with van der Waals surface area (Å²) in [6.07, 6.45) is 1.88. The molecule has 6 heteroatoms. The first-order chi connectivity index (χ1) is 8.71. The van der Waals surface area contributed by atoms with Crippen LogP contribution in [0.4, 0.5) is 11.5 Å². The highest BCUT2D eigenvalue weighted by molar-refractivity contribution is 7.98. The van der Waals surface area contributed by atoms with E-state index < -0.39 is 0 Å². The monoisotopic (exact) mass is 276 g/mol. The minimum atomic E-state index is 0.383. The minimum Gasteiger partial charge on any atom is -0.340 e. The average Bonchev–Trinajstić information content (AvgIpc) is 2.38. The zero-order valence-corrected chi connectivity index (χ0v) is 11.1. The van der Waals surface area contributed by atoms with Gasteiger partial charge in [-0.1, -0.05) is 29.4 Å². The number of nitrogens with zero attached hydrogens (tertiary/aromatic N) is 3. The number of hydrogen-bond donors (Lipinski definition) is 1. The van der Waals surface area contributed by atoms with Gasteiger partial charge in [0, 0.05) is 11.8 Å². The second-order valence-electron chi connectivity index (χ2n) is 3.38. The van der Waals surface area contributed by atoms with Crippen molar-refractivity contribution in [1.82, 2.24) is 9.97 Å². The van der Waals surface area contributed by atoms with Crippen molar-refractivity contribution in [2.45, 2.75) is 5.16 Å². The number of halogens is 1. The highest BCUT2D eigenvalue weighted by Gasteiger charge is 2.03. The third-order valence-electron chi connectivity index (χ3n) is 2.12. The van der Waals surface area contributed by atoms with Crippen molar-refractivity contribution in [2.75, 3.05) is 11.6 Å². The van der Waals surface area contributed by atoms with Crippen molar-refractivity contribution in [3.8, 4) is 6.07 Å². The number of anilines is 2. The maximum absolute atomic E-state index is 8.83. The van der Waals surface area contributed by atoms with Crippen LogP contribution >= 0.6 is 23.4 Å². The van der Waals surface area contributed by atoms with E-state index in [1.54, 1.807) is 24.3 Å². The van der Waals surface area contributed by atoms with Gasteiger partial charge in [-0.2, -0.15) is 5.26 Å². The molecule has 0 aliphatic carbocycles. The zero-order valence-electron chi connectivity index (χ0n) is 9.51. The van der Waals surface area contributed by atoms with E-state index in [4.69, 9.17) is 16.9 Å². The molecule has 90 valence electrons. The van der Waals surface area contributed by atoms with Crippen LogP contribution in [-0.2, 0) is 0 Å². The topological polar surface area (TPSA) is 61.6 Å². The molecule has 0 fully saturated rings. The van der Waals surface area contributed by atoms with Gasteiger partial charge >= 0.3 is 0 Å². The molecule has 0 bridgehead atoms. The Morgan fingerprint density at radius 2 is 2.17 bits per heavy atom. The molecule has 1 N–H and O–H groups in total. The van der Waals surface area contributed by atoms with E-state index in [0.717, 1.165) is 5.69 Å². The molecule has 1 aromatic heterocycles. The number of thioether (sulfide) groups is 1. The summed E-state index contributed by atoms with van der Waals surface area (Å²) in [5.74, 6) is 0.606. The SMILES string of the molecule is CSc1nc(Cl)cc(Nc2cccc(C#N)c2)n1. The molecule has 0 aliphatic rings. The maximum atomic E-state index is 8.83. The predicted molar refractivity (Wildman–Crippen MR) is 73.3 cm³/mol. The van der Waals surface area contributed by atoms with E-state index in [0.29, 0.717) is 21.7 Å². The second-order valence-corrected chi connectivity index (χ2v) is 4.54. The molecule has 0 aliphatic heterocycles. The van der Waals surface area contributed by atoms with Crippen LogP contribution in [0.1, 0.15) is 5.56 Å². The molecule has 0 amide bonds. The first-order valence-corrected chi connectivity index (χ1v) is 6.67. The molecule has 0 atom stereocenters. The molecule has 1 aromatic carbocycles. The molecule has 4 nitrogen and oxygen atoms in total. The Morgan fingerprint density at radius 3 is 2.89 bits per heavy atom. The van der Waals surface area contributed by atoms with Gasteiger partial charge < -0.3 is 5.32 Å². The molecule has 0 radical (unpaired) electrons. The third kappa shape index (κ3) is 3.13. The van der Waals surface area contributed by atoms with Gasteiger partial charge in [0.05, 0.1) is 11.6 Å². The van der Waals surface area contributed by atoms with E-state index in [1.165, 1.54) is 11.8 Å². The molecule has 18 heavy (non-hydrogen) atoms. The van der Waals surface area contributed by atoms with Gasteiger partial charge in [0.2, 0.25) is 0 Å². The standard InChI is InChI=1S/C12H9ClN4S/c1-18-12-16-10(13)6-11(17-12)15-9-4-2-3-8(5-9)7-14/h2-6H,1H3,(H,15,16,17). The average molecular weight is 277 g/mol. The van der Waals surface area contributed by atoms with Crippen LogP contribution in [0, 0.1) is 11.3 Å². The molecule has 2 rings (SSSR count). The summed E-state index contributed by atoms with van der Waals surface area (Å²) < 4.78 is 0. The van der Waals surface area contributed by atoms with Gasteiger partial charge in [-0.3, -0.25) is 0 Å². The Balaban J connectivity index is 2.28. The number of nitriles is 1. The number of rotatable bonds is 3. The third-order valence-corrected chi connectivity index (χ3v) is 2.86. The summed E-state index contributed by atoms with van der Waals surface area (Å²) >= 11 is 7.31. The summed E-state index contributed by atoms with van der Waals surface area (Å²) in [5, 5.41) is 12.9. The molecule has 0 spiro atoms. The van der Waals surface area contributed by atoms with Gasteiger partial charge in [0.25, 0.3) is 0 Å². The van der Waals surface area contributed by atoms with Gasteiger partial charge in [-0.25, -0.2) is 9.97 Å². The Hall–Kier alpha value is -1.77. The lowest BCUT2D eigenvalue weighted by Gasteiger charge is -2.07. The highest BCUT2D eigenvalue weighted by Crippen LogP contribution is 2.21. The lowest BCUT2D eigenvalue weighted by atomic mass is 10.2. The van der Waals surface area contributed by atoms with E-state index >= 15 is 0 Å². The predicted octanol–water partition coefficient (Wildman–Crippen LogP) is 3.47. The van der Waals surface area contributed by atoms with Crippen LogP contribution in [0.2, 0.25) is 5.15 Å². The molecule has 0 saturated heterocycles. The number of aromatic nitrogens is 2. The zero-order chi connectivity index (χ0) is 13.0. The lowest BCUT2D eigenvalue weighted by Crippen LogP contribution is -1.96. The van der Waals surface area contributed by atoms with Crippen LogP contribution in [-0.4, -0.2) is 16.2 Å². The fourth-order valence-electron chi connectivity index (χ4n) is 1.37. The van der Waals surface area contributed by atoms with Gasteiger partial charge in [0.1, 0.15) is 11.0 Å². The van der Waals surface area contributed by atoms with Gasteiger partial charge in [0.15, 0.2) is 5.16 Å². The fourth-order valence-corrected chi connectivity index (χ4v) is 1.98. The van der Waals surface area contributed by atoms with Crippen molar-refractivity contribution in [3.63, 3.8) is 0 Å². The quantitative estimate of drug-likeness (QED) is 0.528. The molecular formula is C12H9ClN4S. The van der Waals surface area contributed by atoms with Crippen LogP contribution in [0.25, 0.3) is 0 Å². The number of nitrogens with one attached hydrogen (secondary N) is 1. The molecular weight excluding hydrogens is 268 g/mol. The van der Waals surface area contributed by atoms with Crippen molar-refractivity contribution in [3.05, 3.63) is 41.0 Å². The Bertz CT molecular complexity index is 609. The van der Waals surface area contributed by atoms with Gasteiger partial charge in [-0.15, -0.1) is 0 Å². The highest BCUT2D eigenvalue weighted by atomic mass is 35.5. The smallest absolute Gasteiger partial charge is 0.190 e. The Kier molecular flexibility index (Phi) is 4.03. The van der Waals surface area contributed by atoms with Crippen molar-refractivity contribution in [1.29, 1.82) is 5.26 Å². The largest absolute Gasteiger partial charge is 0.340 e.